The summed E-state index contributed by atoms with van der Waals surface area (Å²) in [5, 5.41) is 0. The maximum absolute atomic E-state index is 11.5. The van der Waals surface area contributed by atoms with Crippen molar-refractivity contribution in [2.24, 2.45) is 0 Å². The molecule has 0 amide bonds. The highest BCUT2D eigenvalue weighted by Crippen LogP contribution is 2.05. The molecular formula is C13H18O2. The van der Waals surface area contributed by atoms with E-state index < -0.39 is 0 Å². The molecule has 2 nitrogen and oxygen atoms in total. The third kappa shape index (κ3) is 4.75. The highest BCUT2D eigenvalue weighted by atomic mass is 16.5. The van der Waals surface area contributed by atoms with Crippen LogP contribution in [0.15, 0.2) is 24.3 Å². The van der Waals surface area contributed by atoms with Crippen LogP contribution in [0.25, 0.3) is 0 Å². The molecule has 0 aliphatic heterocycles. The van der Waals surface area contributed by atoms with Gasteiger partial charge in [-0.15, -0.1) is 0 Å². The van der Waals surface area contributed by atoms with Crippen LogP contribution < -0.4 is 0 Å². The van der Waals surface area contributed by atoms with Gasteiger partial charge < -0.3 is 4.74 Å². The summed E-state index contributed by atoms with van der Waals surface area (Å²) in [6.07, 6.45) is 1.04. The van der Waals surface area contributed by atoms with Crippen LogP contribution in [0.1, 0.15) is 24.5 Å². The Morgan fingerprint density at radius 2 is 1.93 bits per heavy atom. The van der Waals surface area contributed by atoms with Gasteiger partial charge >= 0.3 is 0 Å². The number of rotatable bonds is 6. The largest absolute Gasteiger partial charge is 0.381 e. The molecule has 0 saturated carbocycles. The molecule has 0 fully saturated rings. The number of ketones is 1. The van der Waals surface area contributed by atoms with Gasteiger partial charge in [-0.25, -0.2) is 0 Å². The third-order valence-corrected chi connectivity index (χ3v) is 2.25. The summed E-state index contributed by atoms with van der Waals surface area (Å²) in [6.45, 7) is 5.20. The molecule has 2 heteroatoms. The van der Waals surface area contributed by atoms with Crippen molar-refractivity contribution in [2.75, 3.05) is 13.2 Å². The Balaban J connectivity index is 2.34. The van der Waals surface area contributed by atoms with Crippen LogP contribution in [0.2, 0.25) is 0 Å². The van der Waals surface area contributed by atoms with Crippen molar-refractivity contribution in [1.82, 2.24) is 0 Å². The maximum atomic E-state index is 11.5. The van der Waals surface area contributed by atoms with E-state index in [1.807, 2.05) is 38.1 Å². The van der Waals surface area contributed by atoms with Gasteiger partial charge in [-0.1, -0.05) is 29.8 Å². The number of Topliss-reactive ketones (excluding diaryl/α,β-unsaturated/α-hetero) is 1. The summed E-state index contributed by atoms with van der Waals surface area (Å²) in [6, 6.07) is 8.08. The van der Waals surface area contributed by atoms with Gasteiger partial charge in [-0.05, 0) is 19.4 Å². The monoisotopic (exact) mass is 206 g/mol. The lowest BCUT2D eigenvalue weighted by molar-refractivity contribution is -0.119. The maximum Gasteiger partial charge on any atom is 0.139 e. The van der Waals surface area contributed by atoms with Crippen LogP contribution >= 0.6 is 0 Å². The molecule has 1 aromatic rings. The molecule has 0 bridgehead atoms. The summed E-state index contributed by atoms with van der Waals surface area (Å²) in [5.74, 6) is 0.243. The zero-order valence-corrected chi connectivity index (χ0v) is 9.45. The first-order valence-electron chi connectivity index (χ1n) is 5.37. The van der Waals surface area contributed by atoms with E-state index in [0.717, 1.165) is 5.56 Å². The number of benzene rings is 1. The van der Waals surface area contributed by atoms with Crippen molar-refractivity contribution < 1.29 is 9.53 Å². The third-order valence-electron chi connectivity index (χ3n) is 2.25. The normalized spacial score (nSPS) is 10.3. The molecule has 0 aliphatic carbocycles. The number of hydrogen-bond donors (Lipinski definition) is 0. The fourth-order valence-corrected chi connectivity index (χ4v) is 1.35. The first kappa shape index (κ1) is 11.9. The summed E-state index contributed by atoms with van der Waals surface area (Å²) in [4.78, 5) is 11.5. The number of hydrogen-bond acceptors (Lipinski definition) is 2. The fourth-order valence-electron chi connectivity index (χ4n) is 1.35. The topological polar surface area (TPSA) is 26.3 Å². The molecule has 82 valence electrons. The molecule has 0 aliphatic rings. The molecule has 1 aromatic carbocycles. The summed E-state index contributed by atoms with van der Waals surface area (Å²) in [5.41, 5.74) is 2.31. The summed E-state index contributed by atoms with van der Waals surface area (Å²) >= 11 is 0. The van der Waals surface area contributed by atoms with Crippen LogP contribution in [-0.2, 0) is 16.0 Å². The second-order valence-electron chi connectivity index (χ2n) is 3.65. The van der Waals surface area contributed by atoms with E-state index >= 15 is 0 Å². The van der Waals surface area contributed by atoms with Crippen LogP contribution in [0.3, 0.4) is 0 Å². The Labute approximate surface area is 91.3 Å². The summed E-state index contributed by atoms with van der Waals surface area (Å²) < 4.78 is 5.14. The molecule has 0 N–H and O–H groups in total. The predicted octanol–water partition coefficient (Wildman–Crippen LogP) is 2.53. The quantitative estimate of drug-likeness (QED) is 0.668. The summed E-state index contributed by atoms with van der Waals surface area (Å²) in [7, 11) is 0. The molecule has 0 unspecified atom stereocenters. The highest BCUT2D eigenvalue weighted by molar-refractivity contribution is 5.80. The fraction of sp³-hybridized carbons (Fsp3) is 0.462. The first-order chi connectivity index (χ1) is 7.22. The average molecular weight is 206 g/mol. The van der Waals surface area contributed by atoms with Gasteiger partial charge in [0.1, 0.15) is 5.78 Å². The second kappa shape index (κ2) is 6.36. The van der Waals surface area contributed by atoms with Gasteiger partial charge in [0.05, 0.1) is 6.61 Å². The Hall–Kier alpha value is -1.15. The molecule has 0 aromatic heterocycles. The van der Waals surface area contributed by atoms with E-state index in [0.29, 0.717) is 26.1 Å². The number of aryl methyl sites for hydroxylation is 1. The van der Waals surface area contributed by atoms with Gasteiger partial charge in [0.25, 0.3) is 0 Å². The number of ether oxygens (including phenoxy) is 1. The van der Waals surface area contributed by atoms with Crippen molar-refractivity contribution in [3.05, 3.63) is 35.4 Å². The molecule has 0 saturated heterocycles. The average Bonchev–Trinajstić information content (AvgIpc) is 2.22. The van der Waals surface area contributed by atoms with Crippen LogP contribution in [-0.4, -0.2) is 19.0 Å². The van der Waals surface area contributed by atoms with Crippen LogP contribution in [0, 0.1) is 6.92 Å². The van der Waals surface area contributed by atoms with Crippen molar-refractivity contribution >= 4 is 5.78 Å². The number of carbonyl (C=O) groups is 1. The van der Waals surface area contributed by atoms with E-state index in [9.17, 15) is 4.79 Å². The van der Waals surface area contributed by atoms with Gasteiger partial charge in [0, 0.05) is 19.4 Å². The van der Waals surface area contributed by atoms with E-state index in [1.54, 1.807) is 0 Å². The van der Waals surface area contributed by atoms with Crippen LogP contribution in [0.5, 0.6) is 0 Å². The Morgan fingerprint density at radius 1 is 1.27 bits per heavy atom. The molecule has 0 spiro atoms. The minimum absolute atomic E-state index is 0.243. The van der Waals surface area contributed by atoms with Crippen molar-refractivity contribution in [3.8, 4) is 0 Å². The smallest absolute Gasteiger partial charge is 0.139 e. The standard InChI is InChI=1S/C13H18O2/c1-3-15-9-8-13(14)10-12-6-4-11(2)5-7-12/h4-7H,3,8-10H2,1-2H3. The zero-order chi connectivity index (χ0) is 11.1. The van der Waals surface area contributed by atoms with E-state index in [2.05, 4.69) is 0 Å². The minimum Gasteiger partial charge on any atom is -0.381 e. The molecule has 1 rings (SSSR count). The van der Waals surface area contributed by atoms with Gasteiger partial charge in [0.15, 0.2) is 0 Å². The van der Waals surface area contributed by atoms with Crippen LogP contribution in [0.4, 0.5) is 0 Å². The van der Waals surface area contributed by atoms with E-state index in [4.69, 9.17) is 4.74 Å². The van der Waals surface area contributed by atoms with Crippen molar-refractivity contribution in [2.45, 2.75) is 26.7 Å². The Bertz CT molecular complexity index is 301. The van der Waals surface area contributed by atoms with Gasteiger partial charge in [-0.2, -0.15) is 0 Å². The van der Waals surface area contributed by atoms with Gasteiger partial charge in [-0.3, -0.25) is 4.79 Å². The molecule has 0 radical (unpaired) electrons. The molecule has 0 atom stereocenters. The molecule has 0 heterocycles. The van der Waals surface area contributed by atoms with Crippen molar-refractivity contribution in [3.63, 3.8) is 0 Å². The lowest BCUT2D eigenvalue weighted by Gasteiger charge is -2.02. The zero-order valence-electron chi connectivity index (χ0n) is 9.45. The Kier molecular flexibility index (Phi) is 5.05. The second-order valence-corrected chi connectivity index (χ2v) is 3.65. The van der Waals surface area contributed by atoms with Gasteiger partial charge in [0.2, 0.25) is 0 Å². The van der Waals surface area contributed by atoms with Crippen molar-refractivity contribution in [1.29, 1.82) is 0 Å². The number of carbonyl (C=O) groups excluding carboxylic acids is 1. The molecular weight excluding hydrogens is 188 g/mol. The van der Waals surface area contributed by atoms with E-state index in [-0.39, 0.29) is 5.78 Å². The highest BCUT2D eigenvalue weighted by Gasteiger charge is 2.03. The van der Waals surface area contributed by atoms with E-state index in [1.165, 1.54) is 5.56 Å². The first-order valence-corrected chi connectivity index (χ1v) is 5.37. The molecule has 15 heavy (non-hydrogen) atoms. The Morgan fingerprint density at radius 3 is 2.53 bits per heavy atom. The lowest BCUT2D eigenvalue weighted by atomic mass is 10.1. The predicted molar refractivity (Wildman–Crippen MR) is 61.0 cm³/mol. The SMILES string of the molecule is CCOCCC(=O)Cc1ccc(C)cc1. The lowest BCUT2D eigenvalue weighted by Crippen LogP contribution is -2.07. The minimum atomic E-state index is 0.243.